The summed E-state index contributed by atoms with van der Waals surface area (Å²) in [5.41, 5.74) is 1.31. The molecule has 0 unspecified atom stereocenters. The van der Waals surface area contributed by atoms with Crippen LogP contribution in [0.3, 0.4) is 0 Å². The van der Waals surface area contributed by atoms with Crippen molar-refractivity contribution in [3.8, 4) is 0 Å². The molecule has 68 valence electrons. The maximum Gasteiger partial charge on any atom is 0.155 e. The Kier molecular flexibility index (Phi) is 4.01. The van der Waals surface area contributed by atoms with Crippen molar-refractivity contribution in [2.75, 3.05) is 13.2 Å². The van der Waals surface area contributed by atoms with Gasteiger partial charge < -0.3 is 4.74 Å². The third-order valence-electron chi connectivity index (χ3n) is 2.05. The molecule has 1 aliphatic carbocycles. The van der Waals surface area contributed by atoms with Gasteiger partial charge in [0.25, 0.3) is 0 Å². The number of hydrogen-bond acceptors (Lipinski definition) is 2. The average Bonchev–Trinajstić information content (AvgIpc) is 2.45. The van der Waals surface area contributed by atoms with E-state index in [-0.39, 0.29) is 0 Å². The molecule has 0 aromatic carbocycles. The van der Waals surface area contributed by atoms with Crippen molar-refractivity contribution < 1.29 is 9.53 Å². The average molecular weight is 168 g/mol. The summed E-state index contributed by atoms with van der Waals surface area (Å²) in [6, 6.07) is 0. The molecular formula is C10H16O2. The first-order chi connectivity index (χ1) is 5.83. The van der Waals surface area contributed by atoms with Crippen molar-refractivity contribution in [1.82, 2.24) is 0 Å². The molecule has 2 heteroatoms. The van der Waals surface area contributed by atoms with E-state index in [1.54, 1.807) is 6.08 Å². The molecule has 0 spiro atoms. The van der Waals surface area contributed by atoms with Crippen LogP contribution in [-0.4, -0.2) is 19.0 Å². The van der Waals surface area contributed by atoms with Crippen LogP contribution < -0.4 is 0 Å². The number of ketones is 1. The van der Waals surface area contributed by atoms with Crippen LogP contribution in [0.2, 0.25) is 0 Å². The molecule has 1 aliphatic rings. The second-order valence-electron chi connectivity index (χ2n) is 3.07. The maximum absolute atomic E-state index is 10.8. The van der Waals surface area contributed by atoms with Gasteiger partial charge in [-0.15, -0.1) is 0 Å². The van der Waals surface area contributed by atoms with Crippen LogP contribution in [0.4, 0.5) is 0 Å². The summed E-state index contributed by atoms with van der Waals surface area (Å²) in [6.45, 7) is 3.61. The highest BCUT2D eigenvalue weighted by Gasteiger charge is 2.10. The number of ether oxygens (including phenoxy) is 1. The molecule has 0 saturated heterocycles. The van der Waals surface area contributed by atoms with Crippen molar-refractivity contribution in [2.24, 2.45) is 0 Å². The van der Waals surface area contributed by atoms with E-state index in [0.717, 1.165) is 38.9 Å². The summed E-state index contributed by atoms with van der Waals surface area (Å²) in [7, 11) is 0. The van der Waals surface area contributed by atoms with Crippen LogP contribution in [0.5, 0.6) is 0 Å². The Morgan fingerprint density at radius 3 is 2.92 bits per heavy atom. The minimum atomic E-state index is 0.293. The van der Waals surface area contributed by atoms with E-state index in [0.29, 0.717) is 5.78 Å². The maximum atomic E-state index is 10.8. The Hall–Kier alpha value is -0.630. The van der Waals surface area contributed by atoms with Crippen molar-refractivity contribution in [2.45, 2.75) is 32.6 Å². The first-order valence-corrected chi connectivity index (χ1v) is 4.63. The molecule has 0 bridgehead atoms. The highest BCUT2D eigenvalue weighted by atomic mass is 16.5. The Balaban J connectivity index is 2.07. The van der Waals surface area contributed by atoms with Crippen LogP contribution in [-0.2, 0) is 9.53 Å². The van der Waals surface area contributed by atoms with Crippen LogP contribution in [0, 0.1) is 0 Å². The van der Waals surface area contributed by atoms with E-state index >= 15 is 0 Å². The Bertz CT molecular complexity index is 182. The minimum absolute atomic E-state index is 0.293. The van der Waals surface area contributed by atoms with Crippen molar-refractivity contribution >= 4 is 5.78 Å². The third-order valence-corrected chi connectivity index (χ3v) is 2.05. The predicted octanol–water partition coefficient (Wildman–Crippen LogP) is 2.09. The number of allylic oxidation sites excluding steroid dienone is 2. The smallest absolute Gasteiger partial charge is 0.155 e. The second-order valence-corrected chi connectivity index (χ2v) is 3.07. The molecule has 1 rings (SSSR count). The van der Waals surface area contributed by atoms with Crippen molar-refractivity contribution in [3.05, 3.63) is 11.6 Å². The zero-order valence-corrected chi connectivity index (χ0v) is 7.64. The SMILES string of the molecule is CCOCCCC1=CC(=O)CC1. The van der Waals surface area contributed by atoms with Gasteiger partial charge in [-0.3, -0.25) is 4.79 Å². The fraction of sp³-hybridized carbons (Fsp3) is 0.700. The van der Waals surface area contributed by atoms with Gasteiger partial charge in [0.2, 0.25) is 0 Å². The molecule has 0 aromatic heterocycles. The van der Waals surface area contributed by atoms with Crippen LogP contribution in [0.1, 0.15) is 32.6 Å². The molecule has 0 atom stereocenters. The Morgan fingerprint density at radius 1 is 1.50 bits per heavy atom. The molecule has 12 heavy (non-hydrogen) atoms. The predicted molar refractivity (Wildman–Crippen MR) is 48.1 cm³/mol. The quantitative estimate of drug-likeness (QED) is 0.587. The monoisotopic (exact) mass is 168 g/mol. The van der Waals surface area contributed by atoms with E-state index in [1.165, 1.54) is 5.57 Å². The number of carbonyl (C=O) groups excluding carboxylic acids is 1. The summed E-state index contributed by atoms with van der Waals surface area (Å²) >= 11 is 0. The first-order valence-electron chi connectivity index (χ1n) is 4.63. The van der Waals surface area contributed by atoms with E-state index in [1.807, 2.05) is 6.92 Å². The van der Waals surface area contributed by atoms with Gasteiger partial charge in [-0.1, -0.05) is 5.57 Å². The fourth-order valence-electron chi connectivity index (χ4n) is 1.40. The highest BCUT2D eigenvalue weighted by Crippen LogP contribution is 2.19. The van der Waals surface area contributed by atoms with E-state index < -0.39 is 0 Å². The van der Waals surface area contributed by atoms with Crippen LogP contribution in [0.25, 0.3) is 0 Å². The lowest BCUT2D eigenvalue weighted by molar-refractivity contribution is -0.114. The summed E-state index contributed by atoms with van der Waals surface area (Å²) < 4.78 is 5.21. The van der Waals surface area contributed by atoms with Crippen molar-refractivity contribution in [3.63, 3.8) is 0 Å². The largest absolute Gasteiger partial charge is 0.382 e. The van der Waals surface area contributed by atoms with Gasteiger partial charge in [0.15, 0.2) is 5.78 Å². The van der Waals surface area contributed by atoms with Gasteiger partial charge >= 0.3 is 0 Å². The van der Waals surface area contributed by atoms with E-state index in [4.69, 9.17) is 4.74 Å². The molecule has 0 aromatic rings. The summed E-state index contributed by atoms with van der Waals surface area (Å²) in [4.78, 5) is 10.8. The molecule has 2 nitrogen and oxygen atoms in total. The van der Waals surface area contributed by atoms with Gasteiger partial charge in [0.1, 0.15) is 0 Å². The van der Waals surface area contributed by atoms with Gasteiger partial charge in [0.05, 0.1) is 0 Å². The second kappa shape index (κ2) is 5.09. The lowest BCUT2D eigenvalue weighted by Gasteiger charge is -2.01. The molecule has 0 N–H and O–H groups in total. The van der Waals surface area contributed by atoms with Crippen LogP contribution >= 0.6 is 0 Å². The molecule has 0 aliphatic heterocycles. The van der Waals surface area contributed by atoms with Crippen molar-refractivity contribution in [1.29, 1.82) is 0 Å². The zero-order valence-electron chi connectivity index (χ0n) is 7.64. The lowest BCUT2D eigenvalue weighted by atomic mass is 10.1. The Morgan fingerprint density at radius 2 is 2.33 bits per heavy atom. The Labute approximate surface area is 73.6 Å². The first kappa shape index (κ1) is 9.46. The van der Waals surface area contributed by atoms with E-state index in [2.05, 4.69) is 0 Å². The highest BCUT2D eigenvalue weighted by molar-refractivity contribution is 5.92. The number of hydrogen-bond donors (Lipinski definition) is 0. The molecule has 0 heterocycles. The topological polar surface area (TPSA) is 26.3 Å². The summed E-state index contributed by atoms with van der Waals surface area (Å²) in [5, 5.41) is 0. The normalized spacial score (nSPS) is 16.8. The number of rotatable bonds is 5. The standard InChI is InChI=1S/C10H16O2/c1-2-12-7-3-4-9-5-6-10(11)8-9/h8H,2-7H2,1H3. The molecule has 0 fully saturated rings. The summed E-state index contributed by atoms with van der Waals surface area (Å²) in [6.07, 6.45) is 5.58. The summed E-state index contributed by atoms with van der Waals surface area (Å²) in [5.74, 6) is 0.293. The van der Waals surface area contributed by atoms with Gasteiger partial charge in [-0.05, 0) is 32.3 Å². The lowest BCUT2D eigenvalue weighted by Crippen LogP contribution is -1.93. The molecule has 0 radical (unpaired) electrons. The van der Waals surface area contributed by atoms with Gasteiger partial charge in [-0.2, -0.15) is 0 Å². The molecule has 0 saturated carbocycles. The van der Waals surface area contributed by atoms with Crippen LogP contribution in [0.15, 0.2) is 11.6 Å². The minimum Gasteiger partial charge on any atom is -0.382 e. The molecular weight excluding hydrogens is 152 g/mol. The van der Waals surface area contributed by atoms with E-state index in [9.17, 15) is 4.79 Å². The third kappa shape index (κ3) is 3.18. The fourth-order valence-corrected chi connectivity index (χ4v) is 1.40. The molecule has 0 amide bonds. The van der Waals surface area contributed by atoms with Gasteiger partial charge in [0, 0.05) is 19.6 Å². The van der Waals surface area contributed by atoms with Gasteiger partial charge in [-0.25, -0.2) is 0 Å². The zero-order chi connectivity index (χ0) is 8.81. The number of carbonyl (C=O) groups is 1.